The van der Waals surface area contributed by atoms with Crippen LogP contribution in [0.25, 0.3) is 0 Å². The van der Waals surface area contributed by atoms with Crippen LogP contribution in [0.4, 0.5) is 5.69 Å². The highest BCUT2D eigenvalue weighted by Gasteiger charge is 2.22. The summed E-state index contributed by atoms with van der Waals surface area (Å²) in [6.45, 7) is 7.22. The first-order valence-electron chi connectivity index (χ1n) is 6.88. The molecule has 3 N–H and O–H groups in total. The molecule has 1 atom stereocenters. The Morgan fingerprint density at radius 3 is 2.84 bits per heavy atom. The van der Waals surface area contributed by atoms with Crippen LogP contribution < -0.4 is 11.1 Å². The number of hydrogen-bond donors (Lipinski definition) is 2. The van der Waals surface area contributed by atoms with Gasteiger partial charge in [-0.25, -0.2) is 0 Å². The van der Waals surface area contributed by atoms with Crippen LogP contribution in [0.2, 0.25) is 0 Å². The van der Waals surface area contributed by atoms with Crippen LogP contribution >= 0.6 is 0 Å². The molecule has 0 aromatic heterocycles. The monoisotopic (exact) mass is 261 g/mol. The number of nitrogens with two attached hydrogens (primary N) is 1. The van der Waals surface area contributed by atoms with Crippen LogP contribution in [0.15, 0.2) is 18.2 Å². The summed E-state index contributed by atoms with van der Waals surface area (Å²) >= 11 is 0. The molecule has 0 saturated carbocycles. The Bertz CT molecular complexity index is 459. The number of likely N-dealkylation sites (tertiary alicyclic amines) is 1. The topological polar surface area (TPSA) is 58.4 Å². The Hall–Kier alpha value is -1.39. The summed E-state index contributed by atoms with van der Waals surface area (Å²) in [5.74, 6) is 0.607. The summed E-state index contributed by atoms with van der Waals surface area (Å²) in [6.07, 6.45) is 1.10. The summed E-state index contributed by atoms with van der Waals surface area (Å²) in [5, 5.41) is 2.96. The van der Waals surface area contributed by atoms with Gasteiger partial charge in [0.05, 0.1) is 6.54 Å². The molecule has 4 nitrogen and oxygen atoms in total. The molecular formula is C15H23N3O. The summed E-state index contributed by atoms with van der Waals surface area (Å²) in [6, 6.07) is 6.00. The SMILES string of the molecule is Cc1ccc(NC(=O)CN2CCC(CN)C2)cc1C. The minimum Gasteiger partial charge on any atom is -0.330 e. The summed E-state index contributed by atoms with van der Waals surface area (Å²) in [5.41, 5.74) is 8.97. The van der Waals surface area contributed by atoms with Gasteiger partial charge < -0.3 is 11.1 Å². The van der Waals surface area contributed by atoms with E-state index in [1.54, 1.807) is 0 Å². The van der Waals surface area contributed by atoms with Gasteiger partial charge in [-0.2, -0.15) is 0 Å². The smallest absolute Gasteiger partial charge is 0.238 e. The van der Waals surface area contributed by atoms with E-state index in [0.29, 0.717) is 12.5 Å². The van der Waals surface area contributed by atoms with Gasteiger partial charge in [0, 0.05) is 12.2 Å². The number of carbonyl (C=O) groups excluding carboxylic acids is 1. The maximum Gasteiger partial charge on any atom is 0.238 e. The van der Waals surface area contributed by atoms with Gasteiger partial charge in [-0.1, -0.05) is 6.07 Å². The van der Waals surface area contributed by atoms with E-state index in [1.807, 2.05) is 18.2 Å². The van der Waals surface area contributed by atoms with Crippen LogP contribution in [-0.2, 0) is 4.79 Å². The van der Waals surface area contributed by atoms with Crippen molar-refractivity contribution < 1.29 is 4.79 Å². The molecule has 0 spiro atoms. The molecule has 19 heavy (non-hydrogen) atoms. The second-order valence-electron chi connectivity index (χ2n) is 5.47. The number of rotatable bonds is 4. The highest BCUT2D eigenvalue weighted by atomic mass is 16.2. The number of hydrogen-bond acceptors (Lipinski definition) is 3. The molecule has 1 amide bonds. The number of aryl methyl sites for hydroxylation is 2. The average molecular weight is 261 g/mol. The van der Waals surface area contributed by atoms with Crippen LogP contribution in [0.3, 0.4) is 0 Å². The Balaban J connectivity index is 1.86. The van der Waals surface area contributed by atoms with E-state index in [4.69, 9.17) is 5.73 Å². The molecule has 104 valence electrons. The van der Waals surface area contributed by atoms with Crippen molar-refractivity contribution in [2.24, 2.45) is 11.7 Å². The second kappa shape index (κ2) is 6.17. The third-order valence-electron chi connectivity index (χ3n) is 3.86. The fourth-order valence-corrected chi connectivity index (χ4v) is 2.47. The van der Waals surface area contributed by atoms with Crippen molar-refractivity contribution in [2.75, 3.05) is 31.5 Å². The molecule has 1 heterocycles. The molecule has 1 aliphatic heterocycles. The maximum absolute atomic E-state index is 12.0. The fourth-order valence-electron chi connectivity index (χ4n) is 2.47. The Morgan fingerprint density at radius 1 is 1.42 bits per heavy atom. The standard InChI is InChI=1S/C15H23N3O/c1-11-3-4-14(7-12(11)2)17-15(19)10-18-6-5-13(8-16)9-18/h3-4,7,13H,5-6,8-10,16H2,1-2H3,(H,17,19). The third-order valence-corrected chi connectivity index (χ3v) is 3.86. The number of benzene rings is 1. The van der Waals surface area contributed by atoms with Crippen molar-refractivity contribution in [3.05, 3.63) is 29.3 Å². The maximum atomic E-state index is 12.0. The van der Waals surface area contributed by atoms with Crippen molar-refractivity contribution in [3.8, 4) is 0 Å². The highest BCUT2D eigenvalue weighted by molar-refractivity contribution is 5.92. The van der Waals surface area contributed by atoms with Gasteiger partial charge in [0.15, 0.2) is 0 Å². The number of amides is 1. The number of nitrogens with one attached hydrogen (secondary N) is 1. The minimum absolute atomic E-state index is 0.0564. The predicted molar refractivity (Wildman–Crippen MR) is 78.1 cm³/mol. The molecule has 0 aliphatic carbocycles. The van der Waals surface area contributed by atoms with Gasteiger partial charge in [0.2, 0.25) is 5.91 Å². The first-order chi connectivity index (χ1) is 9.08. The van der Waals surface area contributed by atoms with Gasteiger partial charge in [-0.3, -0.25) is 9.69 Å². The Labute approximate surface area is 115 Å². The second-order valence-corrected chi connectivity index (χ2v) is 5.47. The van der Waals surface area contributed by atoms with Gasteiger partial charge in [-0.05, 0) is 62.5 Å². The lowest BCUT2D eigenvalue weighted by Crippen LogP contribution is -2.32. The highest BCUT2D eigenvalue weighted by Crippen LogP contribution is 2.16. The van der Waals surface area contributed by atoms with Crippen LogP contribution in [-0.4, -0.2) is 37.0 Å². The molecule has 1 aliphatic rings. The zero-order valence-corrected chi connectivity index (χ0v) is 11.8. The minimum atomic E-state index is 0.0564. The number of anilines is 1. The van der Waals surface area contributed by atoms with Crippen LogP contribution in [0.1, 0.15) is 17.5 Å². The lowest BCUT2D eigenvalue weighted by Gasteiger charge is -2.15. The quantitative estimate of drug-likeness (QED) is 0.864. The Kier molecular flexibility index (Phi) is 4.56. The lowest BCUT2D eigenvalue weighted by molar-refractivity contribution is -0.117. The average Bonchev–Trinajstić information content (AvgIpc) is 2.81. The van der Waals surface area contributed by atoms with E-state index in [1.165, 1.54) is 11.1 Å². The molecule has 0 bridgehead atoms. The number of nitrogens with zero attached hydrogens (tertiary/aromatic N) is 1. The zero-order valence-electron chi connectivity index (χ0n) is 11.8. The fraction of sp³-hybridized carbons (Fsp3) is 0.533. The van der Waals surface area contributed by atoms with Crippen molar-refractivity contribution in [1.29, 1.82) is 0 Å². The van der Waals surface area contributed by atoms with E-state index in [2.05, 4.69) is 24.1 Å². The van der Waals surface area contributed by atoms with Crippen molar-refractivity contribution in [1.82, 2.24) is 4.90 Å². The van der Waals surface area contributed by atoms with E-state index >= 15 is 0 Å². The zero-order chi connectivity index (χ0) is 13.8. The summed E-state index contributed by atoms with van der Waals surface area (Å²) < 4.78 is 0. The van der Waals surface area contributed by atoms with Crippen molar-refractivity contribution in [2.45, 2.75) is 20.3 Å². The van der Waals surface area contributed by atoms with Crippen molar-refractivity contribution in [3.63, 3.8) is 0 Å². The summed E-state index contributed by atoms with van der Waals surface area (Å²) in [7, 11) is 0. The lowest BCUT2D eigenvalue weighted by atomic mass is 10.1. The van der Waals surface area contributed by atoms with Gasteiger partial charge in [-0.15, -0.1) is 0 Å². The van der Waals surface area contributed by atoms with Gasteiger partial charge >= 0.3 is 0 Å². The van der Waals surface area contributed by atoms with Gasteiger partial charge in [0.25, 0.3) is 0 Å². The van der Waals surface area contributed by atoms with E-state index in [-0.39, 0.29) is 5.91 Å². The molecule has 1 unspecified atom stereocenters. The molecule has 0 radical (unpaired) electrons. The molecule has 2 rings (SSSR count). The van der Waals surface area contributed by atoms with E-state index in [0.717, 1.165) is 31.7 Å². The van der Waals surface area contributed by atoms with Crippen LogP contribution in [0.5, 0.6) is 0 Å². The molecule has 1 aromatic carbocycles. The Morgan fingerprint density at radius 2 is 2.21 bits per heavy atom. The largest absolute Gasteiger partial charge is 0.330 e. The van der Waals surface area contributed by atoms with E-state index in [9.17, 15) is 4.79 Å². The first kappa shape index (κ1) is 14.0. The normalized spacial score (nSPS) is 19.6. The molecule has 1 saturated heterocycles. The molecule has 4 heteroatoms. The third kappa shape index (κ3) is 3.78. The van der Waals surface area contributed by atoms with E-state index < -0.39 is 0 Å². The first-order valence-corrected chi connectivity index (χ1v) is 6.88. The molecule has 1 aromatic rings. The molecule has 1 fully saturated rings. The molecular weight excluding hydrogens is 238 g/mol. The van der Waals surface area contributed by atoms with Crippen molar-refractivity contribution >= 4 is 11.6 Å². The van der Waals surface area contributed by atoms with Crippen LogP contribution in [0, 0.1) is 19.8 Å². The predicted octanol–water partition coefficient (Wildman–Crippen LogP) is 1.52. The van der Waals surface area contributed by atoms with Gasteiger partial charge in [0.1, 0.15) is 0 Å². The number of carbonyl (C=O) groups is 1. The summed E-state index contributed by atoms with van der Waals surface area (Å²) in [4.78, 5) is 14.2.